The van der Waals surface area contributed by atoms with Crippen molar-refractivity contribution in [2.45, 2.75) is 58.7 Å². The average Bonchev–Trinajstić information content (AvgIpc) is 2.17. The quantitative estimate of drug-likeness (QED) is 0.616. The van der Waals surface area contributed by atoms with Gasteiger partial charge in [-0.1, -0.05) is 18.5 Å². The number of allylic oxidation sites excluding steroid dienone is 1. The van der Waals surface area contributed by atoms with Gasteiger partial charge in [0.2, 0.25) is 0 Å². The largest absolute Gasteiger partial charge is 0.487 e. The molecule has 84 valence electrons. The van der Waals surface area contributed by atoms with Crippen LogP contribution < -0.4 is 0 Å². The Hall–Kier alpha value is -0.275. The molecule has 0 spiro atoms. The van der Waals surface area contributed by atoms with E-state index in [0.29, 0.717) is 0 Å². The van der Waals surface area contributed by atoms with Crippen molar-refractivity contribution in [3.63, 3.8) is 0 Å². The third-order valence-corrected chi connectivity index (χ3v) is 3.86. The second kappa shape index (κ2) is 3.36. The molecule has 1 aliphatic heterocycles. The van der Waals surface area contributed by atoms with Crippen molar-refractivity contribution < 1.29 is 9.31 Å². The van der Waals surface area contributed by atoms with E-state index in [9.17, 15) is 0 Å². The molecule has 0 aromatic carbocycles. The summed E-state index contributed by atoms with van der Waals surface area (Å²) in [5.41, 5.74) is 1.08. The highest BCUT2D eigenvalue weighted by Crippen LogP contribution is 2.39. The molecule has 1 saturated heterocycles. The summed E-state index contributed by atoms with van der Waals surface area (Å²) in [6.45, 7) is 10.6. The molecule has 3 heteroatoms. The van der Waals surface area contributed by atoms with E-state index >= 15 is 0 Å². The Labute approximate surface area is 93.2 Å². The highest BCUT2D eigenvalue weighted by atomic mass is 16.7. The van der Waals surface area contributed by atoms with Crippen LogP contribution in [0.25, 0.3) is 0 Å². The average molecular weight is 208 g/mol. The molecule has 0 radical (unpaired) electrons. The van der Waals surface area contributed by atoms with Crippen molar-refractivity contribution in [3.8, 4) is 0 Å². The molecular formula is C12H21BO2. The van der Waals surface area contributed by atoms with E-state index < -0.39 is 0 Å². The van der Waals surface area contributed by atoms with Crippen LogP contribution in [0.2, 0.25) is 0 Å². The van der Waals surface area contributed by atoms with Gasteiger partial charge in [0.25, 0.3) is 0 Å². The molecule has 0 aromatic heterocycles. The van der Waals surface area contributed by atoms with Gasteiger partial charge >= 0.3 is 7.12 Å². The predicted octanol–water partition coefficient (Wildman–Crippen LogP) is 2.97. The van der Waals surface area contributed by atoms with E-state index in [1.807, 2.05) is 0 Å². The standard InChI is InChI=1S/C12H21BO2/c1-9-6-10(7-9)8-13-14-11(2,3)12(4,5)15-13/h8-9H,6-7H2,1-5H3. The molecule has 2 aliphatic rings. The van der Waals surface area contributed by atoms with Gasteiger partial charge in [-0.25, -0.2) is 0 Å². The second-order valence-electron chi connectivity index (χ2n) is 5.96. The van der Waals surface area contributed by atoms with Crippen LogP contribution in [-0.2, 0) is 9.31 Å². The maximum absolute atomic E-state index is 5.91. The third-order valence-electron chi connectivity index (χ3n) is 3.86. The van der Waals surface area contributed by atoms with Crippen molar-refractivity contribution in [2.75, 3.05) is 0 Å². The fourth-order valence-corrected chi connectivity index (χ4v) is 2.12. The summed E-state index contributed by atoms with van der Waals surface area (Å²) in [6, 6.07) is 0. The number of rotatable bonds is 1. The first-order valence-corrected chi connectivity index (χ1v) is 5.85. The Morgan fingerprint density at radius 1 is 1.13 bits per heavy atom. The minimum Gasteiger partial charge on any atom is -0.400 e. The maximum Gasteiger partial charge on any atom is 0.487 e. The van der Waals surface area contributed by atoms with Crippen molar-refractivity contribution in [1.29, 1.82) is 0 Å². The summed E-state index contributed by atoms with van der Waals surface area (Å²) in [5, 5.41) is 0. The summed E-state index contributed by atoms with van der Waals surface area (Å²) in [5.74, 6) is 3.01. The lowest BCUT2D eigenvalue weighted by molar-refractivity contribution is 0.00578. The fraction of sp³-hybridized carbons (Fsp3) is 0.833. The van der Waals surface area contributed by atoms with E-state index in [0.717, 1.165) is 5.92 Å². The van der Waals surface area contributed by atoms with Gasteiger partial charge in [-0.05, 0) is 46.5 Å². The van der Waals surface area contributed by atoms with E-state index in [-0.39, 0.29) is 18.3 Å². The molecule has 2 nitrogen and oxygen atoms in total. The molecule has 0 aromatic rings. The minimum absolute atomic E-state index is 0.141. The predicted molar refractivity (Wildman–Crippen MR) is 62.6 cm³/mol. The minimum atomic E-state index is -0.204. The van der Waals surface area contributed by atoms with Crippen LogP contribution in [0.15, 0.2) is 11.5 Å². The molecule has 0 bridgehead atoms. The molecule has 0 atom stereocenters. The molecular weight excluding hydrogens is 187 g/mol. The Morgan fingerprint density at radius 3 is 2.00 bits per heavy atom. The van der Waals surface area contributed by atoms with Gasteiger partial charge in [0, 0.05) is 0 Å². The zero-order valence-corrected chi connectivity index (χ0v) is 10.5. The van der Waals surface area contributed by atoms with Gasteiger partial charge in [-0.15, -0.1) is 0 Å². The Bertz CT molecular complexity index is 270. The van der Waals surface area contributed by atoms with Gasteiger partial charge in [0.1, 0.15) is 0 Å². The van der Waals surface area contributed by atoms with Crippen LogP contribution in [-0.4, -0.2) is 18.3 Å². The summed E-state index contributed by atoms with van der Waals surface area (Å²) >= 11 is 0. The zero-order chi connectivity index (χ0) is 11.3. The molecule has 0 amide bonds. The van der Waals surface area contributed by atoms with Crippen molar-refractivity contribution in [3.05, 3.63) is 11.5 Å². The molecule has 2 rings (SSSR count). The van der Waals surface area contributed by atoms with Crippen LogP contribution in [0.1, 0.15) is 47.5 Å². The van der Waals surface area contributed by atoms with Gasteiger partial charge in [-0.3, -0.25) is 0 Å². The lowest BCUT2D eigenvalue weighted by Gasteiger charge is -2.32. The van der Waals surface area contributed by atoms with Crippen molar-refractivity contribution in [1.82, 2.24) is 0 Å². The fourth-order valence-electron chi connectivity index (χ4n) is 2.12. The first kappa shape index (κ1) is 11.2. The molecule has 0 unspecified atom stereocenters. The van der Waals surface area contributed by atoms with Crippen LogP contribution in [0.5, 0.6) is 0 Å². The highest BCUT2D eigenvalue weighted by Gasteiger charge is 2.50. The van der Waals surface area contributed by atoms with E-state index in [4.69, 9.17) is 9.31 Å². The lowest BCUT2D eigenvalue weighted by Crippen LogP contribution is -2.41. The molecule has 1 aliphatic carbocycles. The Morgan fingerprint density at radius 2 is 1.60 bits per heavy atom. The van der Waals surface area contributed by atoms with Crippen LogP contribution >= 0.6 is 0 Å². The SMILES string of the molecule is CC1CC(=CB2OC(C)(C)C(C)(C)O2)C1. The smallest absolute Gasteiger partial charge is 0.400 e. The highest BCUT2D eigenvalue weighted by molar-refractivity contribution is 6.51. The summed E-state index contributed by atoms with van der Waals surface area (Å²) in [4.78, 5) is 0. The molecule has 1 saturated carbocycles. The summed E-state index contributed by atoms with van der Waals surface area (Å²) < 4.78 is 11.8. The normalized spacial score (nSPS) is 32.7. The summed E-state index contributed by atoms with van der Waals surface area (Å²) in [7, 11) is -0.141. The van der Waals surface area contributed by atoms with Gasteiger partial charge in [0.15, 0.2) is 0 Å². The van der Waals surface area contributed by atoms with Gasteiger partial charge in [-0.2, -0.15) is 0 Å². The molecule has 2 fully saturated rings. The van der Waals surface area contributed by atoms with Crippen LogP contribution in [0, 0.1) is 5.92 Å². The van der Waals surface area contributed by atoms with Crippen LogP contribution in [0.4, 0.5) is 0 Å². The van der Waals surface area contributed by atoms with Crippen LogP contribution in [0.3, 0.4) is 0 Å². The van der Waals surface area contributed by atoms with Crippen molar-refractivity contribution >= 4 is 7.12 Å². The Balaban J connectivity index is 2.01. The van der Waals surface area contributed by atoms with Gasteiger partial charge in [0.05, 0.1) is 11.2 Å². The van der Waals surface area contributed by atoms with E-state index in [1.54, 1.807) is 0 Å². The molecule has 1 heterocycles. The number of hydrogen-bond donors (Lipinski definition) is 0. The topological polar surface area (TPSA) is 18.5 Å². The van der Waals surface area contributed by atoms with Gasteiger partial charge < -0.3 is 9.31 Å². The van der Waals surface area contributed by atoms with E-state index in [1.165, 1.54) is 18.4 Å². The first-order chi connectivity index (χ1) is 6.80. The van der Waals surface area contributed by atoms with Crippen molar-refractivity contribution in [2.24, 2.45) is 5.92 Å². The molecule has 15 heavy (non-hydrogen) atoms. The molecule has 0 N–H and O–H groups in total. The Kier molecular flexibility index (Phi) is 2.51. The number of hydrogen-bond acceptors (Lipinski definition) is 2. The third kappa shape index (κ3) is 2.00. The van der Waals surface area contributed by atoms with E-state index in [2.05, 4.69) is 40.6 Å². The maximum atomic E-state index is 5.91. The first-order valence-electron chi connectivity index (χ1n) is 5.85. The lowest BCUT2D eigenvalue weighted by atomic mass is 9.74. The zero-order valence-electron chi connectivity index (χ0n) is 10.5. The second-order valence-corrected chi connectivity index (χ2v) is 5.96. The monoisotopic (exact) mass is 208 g/mol. The summed E-state index contributed by atoms with van der Waals surface area (Å²) in [6.07, 6.45) is 2.42.